The van der Waals surface area contributed by atoms with Gasteiger partial charge in [0, 0.05) is 35.4 Å². The van der Waals surface area contributed by atoms with Crippen LogP contribution in [0, 0.1) is 15.5 Å². The van der Waals surface area contributed by atoms with Crippen LogP contribution in [-0.4, -0.2) is 0 Å². The van der Waals surface area contributed by atoms with Crippen molar-refractivity contribution in [2.24, 2.45) is 0 Å². The molecule has 164 valence electrons. The molecule has 0 amide bonds. The van der Waals surface area contributed by atoms with Gasteiger partial charge in [0.2, 0.25) is 5.69 Å². The quantitative estimate of drug-likeness (QED) is 0.233. The van der Waals surface area contributed by atoms with E-state index in [-0.39, 0.29) is 0 Å². The molecule has 0 aliphatic carbocycles. The van der Waals surface area contributed by atoms with Crippen LogP contribution in [0.5, 0.6) is 0 Å². The van der Waals surface area contributed by atoms with Gasteiger partial charge in [-0.15, -0.1) is 10.2 Å². The first kappa shape index (κ1) is 23.6. The molecule has 4 rings (SSSR count). The lowest BCUT2D eigenvalue weighted by Gasteiger charge is -2.17. The lowest BCUT2D eigenvalue weighted by Crippen LogP contribution is -2.68. The van der Waals surface area contributed by atoms with Crippen molar-refractivity contribution >= 4 is 11.6 Å². The third kappa shape index (κ3) is 7.00. The molecule has 0 unspecified atom stereocenters. The Labute approximate surface area is 192 Å². The van der Waals surface area contributed by atoms with Gasteiger partial charge in [0.25, 0.3) is 5.15 Å². The molecule has 0 spiro atoms. The van der Waals surface area contributed by atoms with Gasteiger partial charge in [-0.25, -0.2) is 18.6 Å². The Bertz CT molecular complexity index is 1150. The Balaban J connectivity index is 0.000000523. The van der Waals surface area contributed by atoms with Crippen LogP contribution in [0.1, 0.15) is 5.56 Å². The highest BCUT2D eigenvalue weighted by atomic mass is 35.7. The number of halogens is 2. The first-order valence-corrected chi connectivity index (χ1v) is 11.0. The van der Waals surface area contributed by atoms with Gasteiger partial charge in [-0.1, -0.05) is 48.5 Å². The van der Waals surface area contributed by atoms with E-state index in [9.17, 15) is 5.21 Å². The third-order valence-electron chi connectivity index (χ3n) is 4.50. The Morgan fingerprint density at radius 1 is 0.688 bits per heavy atom. The lowest BCUT2D eigenvalue weighted by molar-refractivity contribution is -2.00. The van der Waals surface area contributed by atoms with Crippen LogP contribution in [0.4, 0.5) is 0 Å². The summed E-state index contributed by atoms with van der Waals surface area (Å²) in [6.45, 7) is 0.582. The SMILES string of the molecule is [O-][Cl+3]([O-])([O-])[O-].[O-][n+]1ccc(C[n+]2c(Cl)cc(-c3ccccc3)cc2-c2ccccc2)cc1. The molecule has 4 aromatic rings. The summed E-state index contributed by atoms with van der Waals surface area (Å²) in [6, 6.07) is 28.2. The second-order valence-corrected chi connectivity index (χ2v) is 7.86. The molecule has 2 aromatic heterocycles. The van der Waals surface area contributed by atoms with Crippen LogP contribution in [0.2, 0.25) is 5.15 Å². The summed E-state index contributed by atoms with van der Waals surface area (Å²) in [5.41, 5.74) is 5.32. The predicted molar refractivity (Wildman–Crippen MR) is 107 cm³/mol. The fourth-order valence-corrected chi connectivity index (χ4v) is 3.39. The highest BCUT2D eigenvalue weighted by molar-refractivity contribution is 6.28. The Kier molecular flexibility index (Phi) is 7.76. The van der Waals surface area contributed by atoms with Crippen LogP contribution in [0.3, 0.4) is 0 Å². The van der Waals surface area contributed by atoms with Gasteiger partial charge in [0.05, 0.1) is 0 Å². The number of hydrogen-bond acceptors (Lipinski definition) is 5. The maximum absolute atomic E-state index is 11.3. The van der Waals surface area contributed by atoms with Gasteiger partial charge < -0.3 is 5.21 Å². The Morgan fingerprint density at radius 3 is 1.72 bits per heavy atom. The minimum atomic E-state index is -4.94. The zero-order valence-corrected chi connectivity index (χ0v) is 18.1. The summed E-state index contributed by atoms with van der Waals surface area (Å²) < 4.78 is 36.8. The number of pyridine rings is 2. The van der Waals surface area contributed by atoms with Gasteiger partial charge in [-0.2, -0.15) is 9.30 Å². The van der Waals surface area contributed by atoms with Crippen molar-refractivity contribution in [2.75, 3.05) is 0 Å². The van der Waals surface area contributed by atoms with E-state index < -0.39 is 10.2 Å². The summed E-state index contributed by atoms with van der Waals surface area (Å²) in [5, 5.41) is 12.0. The molecule has 0 atom stereocenters. The molecule has 9 heteroatoms. The highest BCUT2D eigenvalue weighted by Gasteiger charge is 2.20. The highest BCUT2D eigenvalue weighted by Crippen LogP contribution is 2.27. The van der Waals surface area contributed by atoms with Gasteiger partial charge in [0.1, 0.15) is 0 Å². The second-order valence-electron chi connectivity index (χ2n) is 6.71. The van der Waals surface area contributed by atoms with Crippen LogP contribution >= 0.6 is 11.6 Å². The van der Waals surface area contributed by atoms with E-state index in [1.807, 2.05) is 54.6 Å². The number of rotatable bonds is 4. The predicted octanol–water partition coefficient (Wildman–Crippen LogP) is -0.113. The maximum atomic E-state index is 11.3. The lowest BCUT2D eigenvalue weighted by atomic mass is 10.0. The molecule has 0 aliphatic heterocycles. The molecule has 7 nitrogen and oxygen atoms in total. The molecule has 0 saturated heterocycles. The average Bonchev–Trinajstić information content (AvgIpc) is 2.76. The van der Waals surface area contributed by atoms with Crippen LogP contribution in [0.15, 0.2) is 97.3 Å². The van der Waals surface area contributed by atoms with E-state index in [1.54, 1.807) is 0 Å². The summed E-state index contributed by atoms with van der Waals surface area (Å²) in [5.74, 6) is 0. The largest absolute Gasteiger partial charge is 0.619 e. The smallest absolute Gasteiger partial charge is 0.276 e. The van der Waals surface area contributed by atoms with Crippen molar-refractivity contribution in [1.82, 2.24) is 0 Å². The van der Waals surface area contributed by atoms with Crippen LogP contribution < -0.4 is 27.9 Å². The summed E-state index contributed by atoms with van der Waals surface area (Å²) in [6.07, 6.45) is 3.01. The van der Waals surface area contributed by atoms with E-state index >= 15 is 0 Å². The van der Waals surface area contributed by atoms with Gasteiger partial charge in [0.15, 0.2) is 18.9 Å². The fraction of sp³-hybridized carbons (Fsp3) is 0.0435. The zero-order valence-electron chi connectivity index (χ0n) is 16.6. The summed E-state index contributed by atoms with van der Waals surface area (Å²) >= 11 is 6.71. The van der Waals surface area contributed by atoms with Crippen LogP contribution in [0.25, 0.3) is 22.4 Å². The van der Waals surface area contributed by atoms with E-state index in [0.717, 1.165) is 32.7 Å². The molecule has 0 aliphatic rings. The molecule has 0 bridgehead atoms. The summed E-state index contributed by atoms with van der Waals surface area (Å²) in [7, 11) is -4.94. The van der Waals surface area contributed by atoms with Gasteiger partial charge >= 0.3 is 0 Å². The molecule has 32 heavy (non-hydrogen) atoms. The monoisotopic (exact) mass is 472 g/mol. The molecule has 0 radical (unpaired) electrons. The minimum absolute atomic E-state index is 0.582. The fourth-order valence-electron chi connectivity index (χ4n) is 3.13. The minimum Gasteiger partial charge on any atom is -0.619 e. The standard InChI is InChI=1S/C23H18ClN2O.ClHO4/c24-23-16-21(19-7-3-1-4-8-19)15-22(20-9-5-2-6-10-20)26(23)17-18-11-13-25(27)14-12-18;2-1(3,4)5/h1-16H,17H2;(H,2,3,4,5)/q+1;/p-1. The van der Waals surface area contributed by atoms with Crippen molar-refractivity contribution in [2.45, 2.75) is 6.54 Å². The normalized spacial score (nSPS) is 10.9. The average molecular weight is 473 g/mol. The van der Waals surface area contributed by atoms with E-state index in [0.29, 0.717) is 11.7 Å². The second kappa shape index (κ2) is 10.5. The molecule has 2 heterocycles. The Morgan fingerprint density at radius 2 is 1.19 bits per heavy atom. The molecule has 0 fully saturated rings. The first-order valence-electron chi connectivity index (χ1n) is 9.34. The number of aromatic nitrogens is 2. The van der Waals surface area contributed by atoms with Gasteiger partial charge in [-0.3, -0.25) is 0 Å². The number of hydrogen-bond donors (Lipinski definition) is 0. The Hall–Kier alpha value is -3.04. The van der Waals surface area contributed by atoms with E-state index in [4.69, 9.17) is 30.2 Å². The first-order chi connectivity index (χ1) is 15.2. The third-order valence-corrected chi connectivity index (χ3v) is 4.82. The van der Waals surface area contributed by atoms with Crippen molar-refractivity contribution in [3.8, 4) is 22.4 Å². The van der Waals surface area contributed by atoms with Crippen molar-refractivity contribution in [3.05, 3.63) is 113 Å². The molecular weight excluding hydrogens is 455 g/mol. The van der Waals surface area contributed by atoms with Crippen molar-refractivity contribution in [3.63, 3.8) is 0 Å². The summed E-state index contributed by atoms with van der Waals surface area (Å²) in [4.78, 5) is 0. The maximum Gasteiger partial charge on any atom is 0.276 e. The van der Waals surface area contributed by atoms with E-state index in [1.165, 1.54) is 12.4 Å². The van der Waals surface area contributed by atoms with Crippen molar-refractivity contribution < 1.29 is 38.2 Å². The molecule has 0 N–H and O–H groups in total. The zero-order chi connectivity index (χ0) is 23.1. The van der Waals surface area contributed by atoms with E-state index in [2.05, 4.69) is 34.9 Å². The van der Waals surface area contributed by atoms with Crippen molar-refractivity contribution in [1.29, 1.82) is 0 Å². The van der Waals surface area contributed by atoms with Gasteiger partial charge in [-0.05, 0) is 34.9 Å². The van der Waals surface area contributed by atoms with Crippen LogP contribution in [-0.2, 0) is 6.54 Å². The number of benzene rings is 2. The molecule has 0 saturated carbocycles. The molecule has 2 aromatic carbocycles. The molecular formula is C23H18Cl2N2O5. The number of nitrogens with zero attached hydrogens (tertiary/aromatic N) is 2. The topological polar surface area (TPSA) is 123 Å².